The first-order valence-corrected chi connectivity index (χ1v) is 12.3. The molecule has 3 aromatic rings. The van der Waals surface area contributed by atoms with Crippen LogP contribution in [0.2, 0.25) is 0 Å². The maximum Gasteiger partial charge on any atom is 0.405 e. The number of anilines is 1. The van der Waals surface area contributed by atoms with E-state index in [0.717, 1.165) is 22.2 Å². The molecule has 4 rings (SSSR count). The fraction of sp³-hybridized carbons (Fsp3) is 0.357. The highest BCUT2D eigenvalue weighted by Gasteiger charge is 2.60. The van der Waals surface area contributed by atoms with Crippen LogP contribution in [0.25, 0.3) is 10.9 Å². The van der Waals surface area contributed by atoms with Gasteiger partial charge in [-0.3, -0.25) is 19.8 Å². The minimum Gasteiger partial charge on any atom is -0.489 e. The summed E-state index contributed by atoms with van der Waals surface area (Å²) < 4.78 is 6.02. The Bertz CT molecular complexity index is 1370. The van der Waals surface area contributed by atoms with Gasteiger partial charge in [0.15, 0.2) is 0 Å². The van der Waals surface area contributed by atoms with Gasteiger partial charge in [-0.15, -0.1) is 0 Å². The monoisotopic (exact) mass is 520 g/mol. The zero-order valence-electron chi connectivity index (χ0n) is 21.8. The summed E-state index contributed by atoms with van der Waals surface area (Å²) in [6.07, 6.45) is -1.25. The second kappa shape index (κ2) is 10.3. The summed E-state index contributed by atoms with van der Waals surface area (Å²) in [5, 5.41) is 22.2. The summed E-state index contributed by atoms with van der Waals surface area (Å²) in [6, 6.07) is 16.9. The zero-order valence-corrected chi connectivity index (χ0v) is 21.8. The number of hydrogen-bond acceptors (Lipinski definition) is 6. The number of aromatic nitrogens is 1. The van der Waals surface area contributed by atoms with Gasteiger partial charge in [0.25, 0.3) is 5.91 Å². The third-order valence-corrected chi connectivity index (χ3v) is 7.15. The van der Waals surface area contributed by atoms with Gasteiger partial charge >= 0.3 is 6.09 Å². The Morgan fingerprint density at radius 1 is 1.13 bits per heavy atom. The molecular weight excluding hydrogens is 488 g/mol. The molecule has 1 aliphatic rings. The first-order chi connectivity index (χ1) is 18.0. The van der Waals surface area contributed by atoms with Crippen LogP contribution in [0.15, 0.2) is 54.6 Å². The standard InChI is InChI=1S/C28H32N4O6/c1-17-15-18(21-7-5-6-8-23(21)29-17)16-38-20-11-9-19(10-12-20)32-14-13-22(24(32)33)28(25(34)31-37,27(2,3)4)30-26(35)36/h5-12,15,22,30,37H,13-14,16H2,1-4H3,(H,31,34)(H,35,36)/t22-,28+/m0/s1. The number of para-hydroxylation sites is 1. The van der Waals surface area contributed by atoms with Crippen molar-refractivity contribution in [3.8, 4) is 5.75 Å². The summed E-state index contributed by atoms with van der Waals surface area (Å²) in [7, 11) is 0. The van der Waals surface area contributed by atoms with Crippen molar-refractivity contribution < 1.29 is 29.4 Å². The number of nitrogens with one attached hydrogen (secondary N) is 2. The van der Waals surface area contributed by atoms with Crippen LogP contribution in [0, 0.1) is 18.3 Å². The van der Waals surface area contributed by atoms with E-state index >= 15 is 0 Å². The highest BCUT2D eigenvalue weighted by Crippen LogP contribution is 2.43. The molecule has 0 saturated carbocycles. The number of amides is 3. The van der Waals surface area contributed by atoms with E-state index in [1.54, 1.807) is 50.5 Å². The molecule has 1 aliphatic heterocycles. The molecule has 10 nitrogen and oxygen atoms in total. The Morgan fingerprint density at radius 3 is 2.45 bits per heavy atom. The SMILES string of the molecule is Cc1cc(COc2ccc(N3CC[C@H]([C@@](NC(=O)O)(C(=O)NO)C(C)(C)C)C3=O)cc2)c2ccccc2n1. The van der Waals surface area contributed by atoms with Crippen LogP contribution in [0.4, 0.5) is 10.5 Å². The van der Waals surface area contributed by atoms with E-state index < -0.39 is 34.8 Å². The number of ether oxygens (including phenoxy) is 1. The van der Waals surface area contributed by atoms with Crippen LogP contribution in [-0.2, 0) is 16.2 Å². The molecule has 0 spiro atoms. The lowest BCUT2D eigenvalue weighted by Crippen LogP contribution is -2.70. The van der Waals surface area contributed by atoms with Crippen molar-refractivity contribution in [3.05, 3.63) is 65.9 Å². The predicted octanol–water partition coefficient (Wildman–Crippen LogP) is 4.03. The highest BCUT2D eigenvalue weighted by atomic mass is 16.5. The van der Waals surface area contributed by atoms with E-state index in [1.165, 1.54) is 4.90 Å². The summed E-state index contributed by atoms with van der Waals surface area (Å²) in [5.74, 6) is -1.79. The van der Waals surface area contributed by atoms with Gasteiger partial charge in [-0.05, 0) is 55.2 Å². The van der Waals surface area contributed by atoms with E-state index in [9.17, 15) is 24.7 Å². The Labute approximate surface area is 220 Å². The van der Waals surface area contributed by atoms with Gasteiger partial charge in [0.2, 0.25) is 5.91 Å². The summed E-state index contributed by atoms with van der Waals surface area (Å²) in [5.41, 5.74) is 2.07. The van der Waals surface area contributed by atoms with Crippen LogP contribution < -0.4 is 20.4 Å². The van der Waals surface area contributed by atoms with Crippen LogP contribution in [0.1, 0.15) is 38.4 Å². The first-order valence-electron chi connectivity index (χ1n) is 12.3. The number of carboxylic acid groups (broad SMARTS) is 1. The fourth-order valence-electron chi connectivity index (χ4n) is 5.35. The van der Waals surface area contributed by atoms with Crippen molar-refractivity contribution >= 4 is 34.5 Å². The van der Waals surface area contributed by atoms with Gasteiger partial charge in [0, 0.05) is 28.9 Å². The molecule has 0 radical (unpaired) electrons. The third kappa shape index (κ3) is 4.87. The first kappa shape index (κ1) is 26.9. The normalized spacial score (nSPS) is 17.2. The molecule has 1 aromatic heterocycles. The maximum atomic E-state index is 13.5. The van der Waals surface area contributed by atoms with Crippen molar-refractivity contribution in [3.63, 3.8) is 0 Å². The average molecular weight is 521 g/mol. The molecule has 4 N–H and O–H groups in total. The average Bonchev–Trinajstić information content (AvgIpc) is 3.25. The predicted molar refractivity (Wildman–Crippen MR) is 141 cm³/mol. The Hall–Kier alpha value is -4.18. The smallest absolute Gasteiger partial charge is 0.405 e. The van der Waals surface area contributed by atoms with E-state index in [1.807, 2.05) is 37.3 Å². The Kier molecular flexibility index (Phi) is 7.28. The number of aryl methyl sites for hydroxylation is 1. The van der Waals surface area contributed by atoms with Crippen LogP contribution >= 0.6 is 0 Å². The van der Waals surface area contributed by atoms with Gasteiger partial charge in [-0.25, -0.2) is 10.3 Å². The minimum atomic E-state index is -1.88. The number of carbonyl (C=O) groups excluding carboxylic acids is 2. The van der Waals surface area contributed by atoms with Gasteiger partial charge in [0.1, 0.15) is 17.9 Å². The Morgan fingerprint density at radius 2 is 1.82 bits per heavy atom. The van der Waals surface area contributed by atoms with E-state index in [2.05, 4.69) is 10.3 Å². The van der Waals surface area contributed by atoms with Gasteiger partial charge < -0.3 is 20.1 Å². The molecule has 38 heavy (non-hydrogen) atoms. The zero-order chi connectivity index (χ0) is 27.7. The van der Waals surface area contributed by atoms with Crippen molar-refractivity contribution in [1.82, 2.24) is 15.8 Å². The molecule has 200 valence electrons. The number of benzene rings is 2. The third-order valence-electron chi connectivity index (χ3n) is 7.15. The van der Waals surface area contributed by atoms with Gasteiger partial charge in [-0.1, -0.05) is 39.0 Å². The molecule has 0 unspecified atom stereocenters. The number of hydrogen-bond donors (Lipinski definition) is 4. The number of rotatable bonds is 7. The lowest BCUT2D eigenvalue weighted by molar-refractivity contribution is -0.148. The molecule has 0 aliphatic carbocycles. The van der Waals surface area contributed by atoms with Crippen molar-refractivity contribution in [2.45, 2.75) is 46.3 Å². The molecule has 2 atom stereocenters. The summed E-state index contributed by atoms with van der Waals surface area (Å²) in [6.45, 7) is 7.51. The minimum absolute atomic E-state index is 0.219. The van der Waals surface area contributed by atoms with E-state index in [4.69, 9.17) is 4.74 Å². The van der Waals surface area contributed by atoms with Crippen LogP contribution in [0.3, 0.4) is 0 Å². The number of nitrogens with zero attached hydrogens (tertiary/aromatic N) is 2. The number of carbonyl (C=O) groups is 3. The van der Waals surface area contributed by atoms with Crippen molar-refractivity contribution in [1.29, 1.82) is 0 Å². The molecule has 1 saturated heterocycles. The number of fused-ring (bicyclic) bond motifs is 1. The topological polar surface area (TPSA) is 141 Å². The molecule has 2 heterocycles. The van der Waals surface area contributed by atoms with Crippen LogP contribution in [-0.4, -0.2) is 45.3 Å². The van der Waals surface area contributed by atoms with E-state index in [-0.39, 0.29) is 13.0 Å². The summed E-state index contributed by atoms with van der Waals surface area (Å²) >= 11 is 0. The maximum absolute atomic E-state index is 13.5. The molecule has 3 amide bonds. The second-order valence-corrected chi connectivity index (χ2v) is 10.5. The van der Waals surface area contributed by atoms with Crippen molar-refractivity contribution in [2.24, 2.45) is 11.3 Å². The molecule has 0 bridgehead atoms. The van der Waals surface area contributed by atoms with Crippen LogP contribution in [0.5, 0.6) is 5.75 Å². The molecule has 10 heteroatoms. The lowest BCUT2D eigenvalue weighted by Gasteiger charge is -2.45. The summed E-state index contributed by atoms with van der Waals surface area (Å²) in [4.78, 5) is 44.1. The fourth-order valence-corrected chi connectivity index (χ4v) is 5.35. The van der Waals surface area contributed by atoms with E-state index in [0.29, 0.717) is 18.0 Å². The number of pyridine rings is 1. The second-order valence-electron chi connectivity index (χ2n) is 10.5. The largest absolute Gasteiger partial charge is 0.489 e. The number of hydroxylamine groups is 1. The highest BCUT2D eigenvalue weighted by molar-refractivity contribution is 6.04. The van der Waals surface area contributed by atoms with Crippen molar-refractivity contribution in [2.75, 3.05) is 11.4 Å². The molecule has 2 aromatic carbocycles. The molecular formula is C28H32N4O6. The Balaban J connectivity index is 1.53. The quantitative estimate of drug-likeness (QED) is 0.272. The lowest BCUT2D eigenvalue weighted by atomic mass is 9.64. The molecule has 1 fully saturated rings. The van der Waals surface area contributed by atoms with Gasteiger partial charge in [-0.2, -0.15) is 0 Å². The van der Waals surface area contributed by atoms with Gasteiger partial charge in [0.05, 0.1) is 11.4 Å².